The Labute approximate surface area is 130 Å². The molecule has 1 rings (SSSR count). The third kappa shape index (κ3) is 4.79. The van der Waals surface area contributed by atoms with Crippen molar-refractivity contribution in [1.29, 1.82) is 0 Å². The minimum Gasteiger partial charge on any atom is -0.481 e. The predicted octanol–water partition coefficient (Wildman–Crippen LogP) is 1.90. The van der Waals surface area contributed by atoms with Crippen molar-refractivity contribution in [2.45, 2.75) is 17.4 Å². The van der Waals surface area contributed by atoms with Gasteiger partial charge in [-0.05, 0) is 12.1 Å². The third-order valence-corrected chi connectivity index (χ3v) is 4.77. The van der Waals surface area contributed by atoms with Gasteiger partial charge in [0.1, 0.15) is 4.90 Å². The van der Waals surface area contributed by atoms with Crippen molar-refractivity contribution in [3.8, 4) is 0 Å². The zero-order valence-corrected chi connectivity index (χ0v) is 13.1. The molecule has 10 heteroatoms. The molecule has 1 atom stereocenters. The SMILES string of the molecule is COC(CNS(=O)(=O)c1ccc(Cl)c(F)c1Cl)CC(=O)O. The summed E-state index contributed by atoms with van der Waals surface area (Å²) in [6.07, 6.45) is -1.25. The van der Waals surface area contributed by atoms with Gasteiger partial charge in [-0.1, -0.05) is 23.2 Å². The van der Waals surface area contributed by atoms with E-state index in [0.717, 1.165) is 12.1 Å². The Morgan fingerprint density at radius 3 is 2.62 bits per heavy atom. The van der Waals surface area contributed by atoms with E-state index in [0.29, 0.717) is 0 Å². The first-order chi connectivity index (χ1) is 9.69. The first-order valence-corrected chi connectivity index (χ1v) is 7.80. The second-order valence-corrected chi connectivity index (χ2v) is 6.50. The van der Waals surface area contributed by atoms with Crippen LogP contribution in [0.4, 0.5) is 4.39 Å². The van der Waals surface area contributed by atoms with Crippen molar-refractivity contribution in [2.75, 3.05) is 13.7 Å². The number of ether oxygens (including phenoxy) is 1. The second kappa shape index (κ2) is 7.37. The molecule has 0 saturated heterocycles. The van der Waals surface area contributed by atoms with Gasteiger partial charge < -0.3 is 9.84 Å². The van der Waals surface area contributed by atoms with Crippen LogP contribution >= 0.6 is 23.2 Å². The standard InChI is InChI=1S/C11H12Cl2FNO5S/c1-20-6(4-9(16)17)5-15-21(18,19)8-3-2-7(12)11(14)10(8)13/h2-3,6,15H,4-5H2,1H3,(H,16,17). The van der Waals surface area contributed by atoms with E-state index in [-0.39, 0.29) is 18.0 Å². The monoisotopic (exact) mass is 359 g/mol. The van der Waals surface area contributed by atoms with Gasteiger partial charge in [-0.25, -0.2) is 17.5 Å². The summed E-state index contributed by atoms with van der Waals surface area (Å²) in [5.74, 6) is -2.19. The molecule has 0 aromatic heterocycles. The fourth-order valence-electron chi connectivity index (χ4n) is 1.43. The van der Waals surface area contributed by atoms with E-state index in [1.54, 1.807) is 0 Å². The quantitative estimate of drug-likeness (QED) is 0.725. The lowest BCUT2D eigenvalue weighted by molar-refractivity contribution is -0.139. The topological polar surface area (TPSA) is 92.7 Å². The molecule has 0 heterocycles. The van der Waals surface area contributed by atoms with E-state index in [2.05, 4.69) is 4.72 Å². The van der Waals surface area contributed by atoms with Crippen LogP contribution in [-0.2, 0) is 19.6 Å². The summed E-state index contributed by atoms with van der Waals surface area (Å²) < 4.78 is 44.5. The normalized spacial score (nSPS) is 13.1. The zero-order chi connectivity index (χ0) is 16.2. The van der Waals surface area contributed by atoms with E-state index in [9.17, 15) is 17.6 Å². The van der Waals surface area contributed by atoms with Gasteiger partial charge >= 0.3 is 5.97 Å². The fourth-order valence-corrected chi connectivity index (χ4v) is 3.24. The van der Waals surface area contributed by atoms with Crippen LogP contribution in [0, 0.1) is 5.82 Å². The molecule has 0 fully saturated rings. The van der Waals surface area contributed by atoms with Crippen LogP contribution in [0.25, 0.3) is 0 Å². The highest BCUT2D eigenvalue weighted by Crippen LogP contribution is 2.29. The average Bonchev–Trinajstić information content (AvgIpc) is 2.40. The number of nitrogens with one attached hydrogen (secondary N) is 1. The van der Waals surface area contributed by atoms with Gasteiger partial charge in [-0.3, -0.25) is 4.79 Å². The Hall–Kier alpha value is -0.930. The number of benzene rings is 1. The molecule has 0 aliphatic rings. The summed E-state index contributed by atoms with van der Waals surface area (Å²) in [6, 6.07) is 2.11. The van der Waals surface area contributed by atoms with Crippen LogP contribution in [0.5, 0.6) is 0 Å². The van der Waals surface area contributed by atoms with Crippen molar-refractivity contribution in [1.82, 2.24) is 4.72 Å². The van der Waals surface area contributed by atoms with Crippen LogP contribution in [0.3, 0.4) is 0 Å². The first kappa shape index (κ1) is 18.1. The minimum atomic E-state index is -4.12. The van der Waals surface area contributed by atoms with Gasteiger partial charge in [0.15, 0.2) is 5.82 Å². The molecule has 0 aliphatic heterocycles. The lowest BCUT2D eigenvalue weighted by Gasteiger charge is -2.15. The van der Waals surface area contributed by atoms with E-state index in [4.69, 9.17) is 33.0 Å². The summed E-state index contributed by atoms with van der Waals surface area (Å²) in [4.78, 5) is 10.1. The Bertz CT molecular complexity index is 638. The van der Waals surface area contributed by atoms with E-state index in [1.165, 1.54) is 7.11 Å². The number of carboxylic acids is 1. The number of halogens is 3. The first-order valence-electron chi connectivity index (χ1n) is 5.56. The lowest BCUT2D eigenvalue weighted by Crippen LogP contribution is -2.34. The molecule has 0 saturated carbocycles. The number of carboxylic acid groups (broad SMARTS) is 1. The summed E-state index contributed by atoms with van der Waals surface area (Å²) in [7, 11) is -2.88. The Balaban J connectivity index is 2.92. The summed E-state index contributed by atoms with van der Waals surface area (Å²) in [6.45, 7) is -0.300. The fraction of sp³-hybridized carbons (Fsp3) is 0.364. The van der Waals surface area contributed by atoms with Gasteiger partial charge in [0.2, 0.25) is 10.0 Å². The van der Waals surface area contributed by atoms with Gasteiger partial charge in [0, 0.05) is 13.7 Å². The van der Waals surface area contributed by atoms with Crippen LogP contribution in [-0.4, -0.2) is 39.3 Å². The van der Waals surface area contributed by atoms with Crippen molar-refractivity contribution in [3.63, 3.8) is 0 Å². The lowest BCUT2D eigenvalue weighted by atomic mass is 10.2. The molecule has 1 unspecified atom stereocenters. The Morgan fingerprint density at radius 1 is 1.48 bits per heavy atom. The molecule has 118 valence electrons. The van der Waals surface area contributed by atoms with Crippen LogP contribution in [0.2, 0.25) is 10.0 Å². The molecular weight excluding hydrogens is 348 g/mol. The number of carbonyl (C=O) groups is 1. The predicted molar refractivity (Wildman–Crippen MR) is 74.7 cm³/mol. The second-order valence-electron chi connectivity index (χ2n) is 3.98. The van der Waals surface area contributed by atoms with Crippen molar-refractivity contribution >= 4 is 39.2 Å². The van der Waals surface area contributed by atoms with Crippen molar-refractivity contribution < 1.29 is 27.4 Å². The van der Waals surface area contributed by atoms with Crippen LogP contribution in [0.15, 0.2) is 17.0 Å². The largest absolute Gasteiger partial charge is 0.481 e. The maximum absolute atomic E-state index is 13.5. The van der Waals surface area contributed by atoms with Gasteiger partial charge in [-0.2, -0.15) is 0 Å². The number of hydrogen-bond donors (Lipinski definition) is 2. The molecule has 21 heavy (non-hydrogen) atoms. The van der Waals surface area contributed by atoms with Crippen molar-refractivity contribution in [3.05, 3.63) is 28.0 Å². The molecule has 1 aromatic rings. The highest BCUT2D eigenvalue weighted by atomic mass is 35.5. The van der Waals surface area contributed by atoms with Crippen LogP contribution < -0.4 is 4.72 Å². The molecule has 0 aliphatic carbocycles. The minimum absolute atomic E-state index is 0.300. The molecule has 0 radical (unpaired) electrons. The third-order valence-electron chi connectivity index (χ3n) is 2.53. The maximum atomic E-state index is 13.5. The molecule has 2 N–H and O–H groups in total. The number of rotatable bonds is 7. The molecule has 6 nitrogen and oxygen atoms in total. The smallest absolute Gasteiger partial charge is 0.306 e. The molecule has 1 aromatic carbocycles. The van der Waals surface area contributed by atoms with Gasteiger partial charge in [0.05, 0.1) is 22.6 Å². The highest BCUT2D eigenvalue weighted by molar-refractivity contribution is 7.89. The molecule has 0 amide bonds. The zero-order valence-electron chi connectivity index (χ0n) is 10.8. The van der Waals surface area contributed by atoms with Crippen molar-refractivity contribution in [2.24, 2.45) is 0 Å². The number of sulfonamides is 1. The van der Waals surface area contributed by atoms with Gasteiger partial charge in [-0.15, -0.1) is 0 Å². The number of hydrogen-bond acceptors (Lipinski definition) is 4. The number of methoxy groups -OCH3 is 1. The Kier molecular flexibility index (Phi) is 6.36. The number of aliphatic carboxylic acids is 1. The molecule has 0 bridgehead atoms. The molecular formula is C11H12Cl2FNO5S. The van der Waals surface area contributed by atoms with E-state index >= 15 is 0 Å². The van der Waals surface area contributed by atoms with Gasteiger partial charge in [0.25, 0.3) is 0 Å². The maximum Gasteiger partial charge on any atom is 0.306 e. The van der Waals surface area contributed by atoms with E-state index in [1.807, 2.05) is 0 Å². The van der Waals surface area contributed by atoms with E-state index < -0.39 is 37.8 Å². The molecule has 0 spiro atoms. The average molecular weight is 360 g/mol. The summed E-state index contributed by atoms with van der Waals surface area (Å²) >= 11 is 11.1. The highest BCUT2D eigenvalue weighted by Gasteiger charge is 2.23. The summed E-state index contributed by atoms with van der Waals surface area (Å²) in [5.41, 5.74) is 0. The summed E-state index contributed by atoms with van der Waals surface area (Å²) in [5, 5.41) is 7.69. The van der Waals surface area contributed by atoms with Crippen LogP contribution in [0.1, 0.15) is 6.42 Å². The Morgan fingerprint density at radius 2 is 2.10 bits per heavy atom.